The smallest absolute Gasteiger partial charge is 0.263 e. The van der Waals surface area contributed by atoms with Gasteiger partial charge in [-0.15, -0.1) is 33.3 Å². The molecule has 5 heterocycles. The molecule has 3 aliphatic heterocycles. The first kappa shape index (κ1) is 38.5. The fourth-order valence-electron chi connectivity index (χ4n) is 6.78. The molecule has 4 aromatic rings. The highest BCUT2D eigenvalue weighted by Gasteiger charge is 2.45. The fourth-order valence-corrected chi connectivity index (χ4v) is 9.06. The number of thioether (sulfide) groups is 1. The second-order valence-electron chi connectivity index (χ2n) is 13.2. The number of imide groups is 2. The zero-order chi connectivity index (χ0) is 38.8. The summed E-state index contributed by atoms with van der Waals surface area (Å²) < 4.78 is 13.4. The summed E-state index contributed by atoms with van der Waals surface area (Å²) in [5, 5.41) is 15.6. The molecule has 1 unspecified atom stereocenters. The number of nitrogens with zero attached hydrogens (tertiary/aromatic N) is 5. The van der Waals surface area contributed by atoms with Crippen LogP contribution in [0.15, 0.2) is 52.4 Å². The Morgan fingerprint density at radius 1 is 0.982 bits per heavy atom. The second-order valence-corrected chi connectivity index (χ2v) is 15.9. The minimum absolute atomic E-state index is 0.0618. The normalized spacial score (nSPS) is 17.7. The monoisotopic (exact) mass is 803 g/mol. The molecule has 2 aromatic carbocycles. The number of halogens is 1. The van der Waals surface area contributed by atoms with E-state index in [1.165, 1.54) is 16.6 Å². The minimum atomic E-state index is -1.01. The van der Waals surface area contributed by atoms with Crippen molar-refractivity contribution >= 4 is 69.9 Å². The summed E-state index contributed by atoms with van der Waals surface area (Å²) in [6.45, 7) is 7.65. The molecule has 5 amide bonds. The molecule has 2 N–H and O–H groups in total. The molecule has 0 aliphatic carbocycles. The highest BCUT2D eigenvalue weighted by Crippen LogP contribution is 2.40. The number of aromatic nitrogens is 3. The summed E-state index contributed by atoms with van der Waals surface area (Å²) in [5.41, 5.74) is 4.30. The number of piperidine rings is 1. The summed E-state index contributed by atoms with van der Waals surface area (Å²) >= 11 is 9.24. The predicted molar refractivity (Wildman–Crippen MR) is 206 cm³/mol. The maximum atomic E-state index is 13.3. The second kappa shape index (κ2) is 16.5. The van der Waals surface area contributed by atoms with Crippen molar-refractivity contribution in [1.82, 2.24) is 30.3 Å². The van der Waals surface area contributed by atoms with Crippen molar-refractivity contribution < 1.29 is 33.4 Å². The number of thiophene rings is 1. The van der Waals surface area contributed by atoms with Crippen LogP contribution in [0.4, 0.5) is 0 Å². The molecule has 55 heavy (non-hydrogen) atoms. The van der Waals surface area contributed by atoms with E-state index in [-0.39, 0.29) is 42.9 Å². The lowest BCUT2D eigenvalue weighted by molar-refractivity contribution is -0.136. The molecular formula is C38H38ClN7O7S2. The van der Waals surface area contributed by atoms with Gasteiger partial charge in [0, 0.05) is 44.6 Å². The number of carbonyl (C=O) groups is 5. The van der Waals surface area contributed by atoms with Crippen molar-refractivity contribution in [3.63, 3.8) is 0 Å². The van der Waals surface area contributed by atoms with E-state index < -0.39 is 35.7 Å². The van der Waals surface area contributed by atoms with Gasteiger partial charge in [-0.1, -0.05) is 29.8 Å². The Balaban J connectivity index is 0.863. The first-order valence-corrected chi connectivity index (χ1v) is 20.0. The SMILES string of the molecule is Cc1sc2c(c1C)C(c1ccc(Cl)cc1)=N[C@@H](CC(=O)NCCOCCOCCSc1cccc3c1C(=O)N(C1CCC(=O)NC1=O)C3=O)c1nnc(C)n1-2. The van der Waals surface area contributed by atoms with Gasteiger partial charge in [-0.3, -0.25) is 43.7 Å². The first-order valence-electron chi connectivity index (χ1n) is 17.8. The van der Waals surface area contributed by atoms with Gasteiger partial charge in [0.15, 0.2) is 5.82 Å². The third-order valence-electron chi connectivity index (χ3n) is 9.59. The Labute approximate surface area is 330 Å². The first-order chi connectivity index (χ1) is 26.5. The van der Waals surface area contributed by atoms with E-state index >= 15 is 0 Å². The molecule has 2 atom stereocenters. The summed E-state index contributed by atoms with van der Waals surface area (Å²) in [4.78, 5) is 71.4. The number of ether oxygens (including phenoxy) is 2. The molecule has 2 aromatic heterocycles. The maximum absolute atomic E-state index is 13.3. The van der Waals surface area contributed by atoms with E-state index in [9.17, 15) is 24.0 Å². The number of aliphatic imine (C=N–C) groups is 1. The van der Waals surface area contributed by atoms with Crippen LogP contribution in [0.5, 0.6) is 0 Å². The van der Waals surface area contributed by atoms with Crippen molar-refractivity contribution in [1.29, 1.82) is 0 Å². The Hall–Kier alpha value is -4.74. The number of benzene rings is 2. The van der Waals surface area contributed by atoms with E-state index in [1.54, 1.807) is 29.5 Å². The van der Waals surface area contributed by atoms with Crippen LogP contribution in [0.25, 0.3) is 5.00 Å². The molecule has 1 saturated heterocycles. The Morgan fingerprint density at radius 2 is 1.75 bits per heavy atom. The molecular weight excluding hydrogens is 766 g/mol. The lowest BCUT2D eigenvalue weighted by Crippen LogP contribution is -2.54. The molecule has 0 bridgehead atoms. The standard InChI is InChI=1S/C38H38ClN7O7S2/c1-20-21(2)55-38-31(20)33(23-7-9-24(39)10-8-23)41-26(34-44-43-22(3)45(34)38)19-30(48)40-13-14-52-15-16-53-17-18-54-28-6-4-5-25-32(28)37(51)46(36(25)50)27-11-12-29(47)42-35(27)49/h4-10,26-27H,11-19H2,1-3H3,(H,40,48)(H,42,47,49)/t26-,27?/m0/s1. The molecule has 0 saturated carbocycles. The summed E-state index contributed by atoms with van der Waals surface area (Å²) in [6.07, 6.45) is 0.235. The van der Waals surface area contributed by atoms with Crippen LogP contribution >= 0.6 is 34.7 Å². The lowest BCUT2D eigenvalue weighted by atomic mass is 9.99. The summed E-state index contributed by atoms with van der Waals surface area (Å²) in [7, 11) is 0. The lowest BCUT2D eigenvalue weighted by Gasteiger charge is -2.27. The van der Waals surface area contributed by atoms with E-state index in [0.29, 0.717) is 47.9 Å². The van der Waals surface area contributed by atoms with Crippen molar-refractivity contribution in [2.75, 3.05) is 38.7 Å². The molecule has 14 nitrogen and oxygen atoms in total. The summed E-state index contributed by atoms with van der Waals surface area (Å²) in [5.74, 6) is -0.493. The molecule has 1 fully saturated rings. The average Bonchev–Trinajstić information content (AvgIpc) is 3.74. The van der Waals surface area contributed by atoms with Gasteiger partial charge in [0.1, 0.15) is 22.9 Å². The van der Waals surface area contributed by atoms with Crippen molar-refractivity contribution in [2.45, 2.75) is 57.0 Å². The van der Waals surface area contributed by atoms with Crippen LogP contribution < -0.4 is 10.6 Å². The number of carbonyl (C=O) groups excluding carboxylic acids is 5. The van der Waals surface area contributed by atoms with Crippen molar-refractivity contribution in [2.24, 2.45) is 4.99 Å². The molecule has 0 spiro atoms. The Morgan fingerprint density at radius 3 is 2.51 bits per heavy atom. The third-order valence-corrected chi connectivity index (χ3v) is 12.1. The number of rotatable bonds is 14. The highest BCUT2D eigenvalue weighted by molar-refractivity contribution is 7.99. The number of hydrogen-bond donors (Lipinski definition) is 2. The van der Waals surface area contributed by atoms with Crippen LogP contribution in [0.2, 0.25) is 5.02 Å². The molecule has 286 valence electrons. The van der Waals surface area contributed by atoms with Gasteiger partial charge in [-0.25, -0.2) is 0 Å². The van der Waals surface area contributed by atoms with Gasteiger partial charge in [-0.2, -0.15) is 0 Å². The van der Waals surface area contributed by atoms with Crippen LogP contribution in [0, 0.1) is 20.8 Å². The Bertz CT molecular complexity index is 2220. The zero-order valence-electron chi connectivity index (χ0n) is 30.3. The third kappa shape index (κ3) is 7.87. The molecule has 0 radical (unpaired) electrons. The largest absolute Gasteiger partial charge is 0.378 e. The quantitative estimate of drug-likeness (QED) is 0.105. The van der Waals surface area contributed by atoms with Crippen LogP contribution in [0.3, 0.4) is 0 Å². The summed E-state index contributed by atoms with van der Waals surface area (Å²) in [6, 6.07) is 11.0. The number of amides is 5. The molecule has 17 heteroatoms. The van der Waals surface area contributed by atoms with Gasteiger partial charge in [0.2, 0.25) is 17.7 Å². The predicted octanol–water partition coefficient (Wildman–Crippen LogP) is 4.53. The molecule has 3 aliphatic rings. The van der Waals surface area contributed by atoms with Crippen LogP contribution in [-0.4, -0.2) is 99.7 Å². The number of fused-ring (bicyclic) bond motifs is 4. The average molecular weight is 804 g/mol. The van der Waals surface area contributed by atoms with Gasteiger partial charge < -0.3 is 14.8 Å². The van der Waals surface area contributed by atoms with Crippen LogP contribution in [-0.2, 0) is 23.9 Å². The van der Waals surface area contributed by atoms with Crippen LogP contribution in [0.1, 0.15) is 79.2 Å². The Kier molecular flexibility index (Phi) is 11.6. The van der Waals surface area contributed by atoms with E-state index in [4.69, 9.17) is 26.1 Å². The zero-order valence-corrected chi connectivity index (χ0v) is 32.7. The number of hydrogen-bond acceptors (Lipinski definition) is 12. The van der Waals surface area contributed by atoms with E-state index in [2.05, 4.69) is 34.7 Å². The van der Waals surface area contributed by atoms with Gasteiger partial charge in [-0.05, 0) is 57.0 Å². The molecule has 7 rings (SSSR count). The van der Waals surface area contributed by atoms with E-state index in [1.807, 2.05) is 35.8 Å². The topological polar surface area (TPSA) is 174 Å². The number of nitrogens with one attached hydrogen (secondary N) is 2. The fraction of sp³-hybridized carbons (Fsp3) is 0.368. The van der Waals surface area contributed by atoms with E-state index in [0.717, 1.165) is 38.1 Å². The minimum Gasteiger partial charge on any atom is -0.378 e. The van der Waals surface area contributed by atoms with Gasteiger partial charge >= 0.3 is 0 Å². The number of aryl methyl sites for hydroxylation is 2. The van der Waals surface area contributed by atoms with Gasteiger partial charge in [0.25, 0.3) is 11.8 Å². The van der Waals surface area contributed by atoms with Crippen molar-refractivity contribution in [3.8, 4) is 5.00 Å². The maximum Gasteiger partial charge on any atom is 0.263 e. The highest BCUT2D eigenvalue weighted by atomic mass is 35.5. The van der Waals surface area contributed by atoms with Gasteiger partial charge in [0.05, 0.1) is 49.7 Å². The van der Waals surface area contributed by atoms with Crippen molar-refractivity contribution in [3.05, 3.63) is 91.8 Å².